The molecule has 1 unspecified atom stereocenters. The molecule has 0 bridgehead atoms. The molecule has 5 heterocycles. The minimum atomic E-state index is -4.64. The lowest BCUT2D eigenvalue weighted by Gasteiger charge is -2.36. The fourth-order valence-corrected chi connectivity index (χ4v) is 8.12. The van der Waals surface area contributed by atoms with Crippen molar-refractivity contribution in [2.45, 2.75) is 57.2 Å². The van der Waals surface area contributed by atoms with Crippen molar-refractivity contribution in [1.29, 1.82) is 0 Å². The number of aromatic nitrogens is 3. The SMILES string of the molecule is COc1cc(-c2cn(C)c(=O)c3[nH]ncc23)cc(F)c1CC1CCN(CC(=O)C2CCN(c3ccc(NC4CCC(=O)NC4=O)cc3C(F)(F)F)CC2)CC1. The van der Waals surface area contributed by atoms with Crippen molar-refractivity contribution < 1.29 is 36.7 Å². The Labute approximate surface area is 314 Å². The molecule has 1 atom stereocenters. The minimum absolute atomic E-state index is 0.0271. The van der Waals surface area contributed by atoms with Crippen LogP contribution in [-0.2, 0) is 34.0 Å². The van der Waals surface area contributed by atoms with Gasteiger partial charge in [0.2, 0.25) is 11.8 Å². The quantitative estimate of drug-likeness (QED) is 0.149. The van der Waals surface area contributed by atoms with E-state index >= 15 is 4.39 Å². The molecule has 12 nitrogen and oxygen atoms in total. The number of nitrogens with zero attached hydrogens (tertiary/aromatic N) is 4. The first-order valence-corrected chi connectivity index (χ1v) is 18.5. The van der Waals surface area contributed by atoms with E-state index in [0.717, 1.165) is 18.9 Å². The van der Waals surface area contributed by atoms with E-state index in [-0.39, 0.29) is 53.9 Å². The number of fused-ring (bicyclic) bond motifs is 1. The second kappa shape index (κ2) is 15.5. The van der Waals surface area contributed by atoms with Crippen molar-refractivity contribution >= 4 is 39.9 Å². The third kappa shape index (κ3) is 8.09. The van der Waals surface area contributed by atoms with Gasteiger partial charge < -0.3 is 19.5 Å². The number of rotatable bonds is 10. The summed E-state index contributed by atoms with van der Waals surface area (Å²) in [6, 6.07) is 6.33. The van der Waals surface area contributed by atoms with E-state index in [2.05, 4.69) is 25.7 Å². The van der Waals surface area contributed by atoms with Gasteiger partial charge in [-0.3, -0.25) is 34.5 Å². The number of piperidine rings is 3. The Kier molecular flexibility index (Phi) is 10.7. The number of likely N-dealkylation sites (tertiary alicyclic amines) is 1. The molecule has 16 heteroatoms. The van der Waals surface area contributed by atoms with Crippen LogP contribution in [0.15, 0.2) is 47.5 Å². The molecule has 0 aliphatic carbocycles. The topological polar surface area (TPSA) is 142 Å². The molecule has 0 spiro atoms. The number of pyridine rings is 1. The Morgan fingerprint density at radius 3 is 2.45 bits per heavy atom. The molecule has 0 saturated carbocycles. The largest absolute Gasteiger partial charge is 0.496 e. The third-order valence-corrected chi connectivity index (χ3v) is 11.2. The van der Waals surface area contributed by atoms with Crippen LogP contribution in [0, 0.1) is 17.7 Å². The lowest BCUT2D eigenvalue weighted by molar-refractivity contribution is -0.137. The van der Waals surface area contributed by atoms with Gasteiger partial charge in [0.1, 0.15) is 28.9 Å². The van der Waals surface area contributed by atoms with E-state index in [4.69, 9.17) is 4.74 Å². The number of carbonyl (C=O) groups excluding carboxylic acids is 3. The molecule has 3 aliphatic rings. The Balaban J connectivity index is 0.923. The van der Waals surface area contributed by atoms with Crippen LogP contribution in [-0.4, -0.2) is 83.1 Å². The fraction of sp³-hybridized carbons (Fsp3) is 0.462. The zero-order chi connectivity index (χ0) is 39.0. The molecule has 3 N–H and O–H groups in total. The van der Waals surface area contributed by atoms with Crippen molar-refractivity contribution in [1.82, 2.24) is 25.0 Å². The van der Waals surface area contributed by atoms with E-state index in [9.17, 15) is 32.3 Å². The average Bonchev–Trinajstić information content (AvgIpc) is 3.66. The number of benzene rings is 2. The molecule has 3 fully saturated rings. The molecule has 55 heavy (non-hydrogen) atoms. The number of aromatic amines is 1. The number of aryl methyl sites for hydroxylation is 1. The summed E-state index contributed by atoms with van der Waals surface area (Å²) >= 11 is 0. The molecule has 2 aromatic heterocycles. The van der Waals surface area contributed by atoms with Crippen molar-refractivity contribution in [3.63, 3.8) is 0 Å². The number of anilines is 2. The van der Waals surface area contributed by atoms with Crippen molar-refractivity contribution in [2.75, 3.05) is 50.1 Å². The van der Waals surface area contributed by atoms with E-state index in [0.29, 0.717) is 78.8 Å². The van der Waals surface area contributed by atoms with Gasteiger partial charge in [-0.2, -0.15) is 18.3 Å². The number of carbonyl (C=O) groups is 3. The van der Waals surface area contributed by atoms with Crippen LogP contribution >= 0.6 is 0 Å². The maximum Gasteiger partial charge on any atom is 0.418 e. The Bertz CT molecular complexity index is 2170. The van der Waals surface area contributed by atoms with Gasteiger partial charge in [-0.15, -0.1) is 0 Å². The van der Waals surface area contributed by atoms with Crippen molar-refractivity contribution in [2.24, 2.45) is 18.9 Å². The maximum absolute atomic E-state index is 15.7. The third-order valence-electron chi connectivity index (χ3n) is 11.2. The molecule has 7 rings (SSSR count). The second-order valence-corrected chi connectivity index (χ2v) is 14.8. The first-order chi connectivity index (χ1) is 26.3. The Morgan fingerprint density at radius 1 is 1.02 bits per heavy atom. The van der Waals surface area contributed by atoms with Gasteiger partial charge in [-0.25, -0.2) is 4.39 Å². The first kappa shape index (κ1) is 38.0. The highest BCUT2D eigenvalue weighted by Crippen LogP contribution is 2.40. The molecular formula is C39H43F4N7O5. The number of halogens is 4. The monoisotopic (exact) mass is 765 g/mol. The number of ether oxygens (including phenoxy) is 1. The summed E-state index contributed by atoms with van der Waals surface area (Å²) in [5.41, 5.74) is 1.14. The van der Waals surface area contributed by atoms with Gasteiger partial charge in [-0.05, 0) is 93.4 Å². The van der Waals surface area contributed by atoms with Gasteiger partial charge in [0.05, 0.1) is 25.4 Å². The fourth-order valence-electron chi connectivity index (χ4n) is 8.12. The van der Waals surface area contributed by atoms with E-state index < -0.39 is 35.4 Å². The van der Waals surface area contributed by atoms with Crippen LogP contribution < -0.4 is 25.8 Å². The van der Waals surface area contributed by atoms with Gasteiger partial charge in [0.25, 0.3) is 5.56 Å². The van der Waals surface area contributed by atoms with E-state index in [1.165, 1.54) is 29.9 Å². The number of imide groups is 1. The van der Waals surface area contributed by atoms with Crippen LogP contribution in [0.2, 0.25) is 0 Å². The molecule has 2 amide bonds. The molecule has 3 saturated heterocycles. The Hall–Kier alpha value is -5.25. The molecule has 0 radical (unpaired) electrons. The number of H-pyrrole nitrogens is 1. The molecule has 292 valence electrons. The van der Waals surface area contributed by atoms with Crippen molar-refractivity contribution in [3.05, 3.63) is 70.0 Å². The summed E-state index contributed by atoms with van der Waals surface area (Å²) < 4.78 is 65.5. The molecule has 3 aliphatic heterocycles. The van der Waals surface area contributed by atoms with Gasteiger partial charge in [0.15, 0.2) is 0 Å². The smallest absolute Gasteiger partial charge is 0.418 e. The van der Waals surface area contributed by atoms with Crippen LogP contribution in [0.5, 0.6) is 5.75 Å². The van der Waals surface area contributed by atoms with Gasteiger partial charge >= 0.3 is 6.18 Å². The standard InChI is InChI=1S/C39H43F4N7O5/c1-48-20-28(27-19-44-47-36(27)38(48)54)24-16-30(40)26(34(17-24)55-2)15-22-7-11-49(12-8-22)21-33(51)23-9-13-50(14-10-23)32-5-3-25(18-29(32)39(41,42)43)45-31-4-6-35(52)46-37(31)53/h3,5,16-20,22-23,31,45H,4,6-15,21H2,1-2H3,(H,44,47)(H,46,52,53). The number of methoxy groups -OCH3 is 1. The number of hydrogen-bond acceptors (Lipinski definition) is 9. The predicted molar refractivity (Wildman–Crippen MR) is 197 cm³/mol. The summed E-state index contributed by atoms with van der Waals surface area (Å²) in [4.78, 5) is 53.2. The van der Waals surface area contributed by atoms with Gasteiger partial charge in [-0.1, -0.05) is 0 Å². The number of nitrogens with one attached hydrogen (secondary N) is 3. The number of amides is 2. The second-order valence-electron chi connectivity index (χ2n) is 14.8. The van der Waals surface area contributed by atoms with E-state index in [1.807, 2.05) is 0 Å². The summed E-state index contributed by atoms with van der Waals surface area (Å²) in [6.07, 6.45) is 1.72. The van der Waals surface area contributed by atoms with E-state index in [1.54, 1.807) is 30.4 Å². The van der Waals surface area contributed by atoms with Crippen LogP contribution in [0.3, 0.4) is 0 Å². The Morgan fingerprint density at radius 2 is 1.76 bits per heavy atom. The summed E-state index contributed by atoms with van der Waals surface area (Å²) in [7, 11) is 3.13. The zero-order valence-electron chi connectivity index (χ0n) is 30.6. The summed E-state index contributed by atoms with van der Waals surface area (Å²) in [6.45, 7) is 2.19. The van der Waals surface area contributed by atoms with Gasteiger partial charge in [0, 0.05) is 66.6 Å². The van der Waals surface area contributed by atoms with Crippen LogP contribution in [0.1, 0.15) is 49.7 Å². The first-order valence-electron chi connectivity index (χ1n) is 18.5. The molecule has 4 aromatic rings. The minimum Gasteiger partial charge on any atom is -0.496 e. The van der Waals surface area contributed by atoms with Crippen LogP contribution in [0.4, 0.5) is 28.9 Å². The highest BCUT2D eigenvalue weighted by Gasteiger charge is 2.37. The lowest BCUT2D eigenvalue weighted by atomic mass is 9.87. The average molecular weight is 766 g/mol. The normalized spacial score (nSPS) is 19.2. The number of ketones is 1. The maximum atomic E-state index is 15.7. The summed E-state index contributed by atoms with van der Waals surface area (Å²) in [5.74, 6) is -0.962. The van der Waals surface area contributed by atoms with Crippen molar-refractivity contribution in [3.8, 4) is 16.9 Å². The highest BCUT2D eigenvalue weighted by molar-refractivity contribution is 6.01. The zero-order valence-corrected chi connectivity index (χ0v) is 30.6. The number of alkyl halides is 3. The number of hydrogen-bond donors (Lipinski definition) is 3. The lowest BCUT2D eigenvalue weighted by Crippen LogP contribution is -2.47. The highest BCUT2D eigenvalue weighted by atomic mass is 19.4. The predicted octanol–water partition coefficient (Wildman–Crippen LogP) is 5.05. The number of Topliss-reactive ketones (excluding diaryl/α,β-unsaturated/α-hetero) is 1. The summed E-state index contributed by atoms with van der Waals surface area (Å²) in [5, 5.41) is 12.3. The molecular weight excluding hydrogens is 722 g/mol. The molecule has 2 aromatic carbocycles. The van der Waals surface area contributed by atoms with Crippen LogP contribution in [0.25, 0.3) is 22.0 Å².